The zero-order valence-corrected chi connectivity index (χ0v) is 14.4. The van der Waals surface area contributed by atoms with E-state index in [1.54, 1.807) is 42.3 Å². The molecule has 0 spiro atoms. The summed E-state index contributed by atoms with van der Waals surface area (Å²) in [6.45, 7) is 0.406. The highest BCUT2D eigenvalue weighted by molar-refractivity contribution is 6.09. The maximum Gasteiger partial charge on any atom is 0.268 e. The Morgan fingerprint density at radius 2 is 1.69 bits per heavy atom. The number of hydrogen-bond acceptors (Lipinski definition) is 3. The van der Waals surface area contributed by atoms with Crippen molar-refractivity contribution < 1.29 is 14.6 Å². The summed E-state index contributed by atoms with van der Waals surface area (Å²) in [6.07, 6.45) is 0. The number of anilines is 1. The highest BCUT2D eigenvalue weighted by Crippen LogP contribution is 2.45. The summed E-state index contributed by atoms with van der Waals surface area (Å²) in [5, 5.41) is 11.5. The Balaban J connectivity index is 1.82. The van der Waals surface area contributed by atoms with Crippen LogP contribution in [0.4, 0.5) is 5.69 Å². The summed E-state index contributed by atoms with van der Waals surface area (Å²) in [5.74, 6) is 0.249. The van der Waals surface area contributed by atoms with Crippen molar-refractivity contribution in [2.24, 2.45) is 0 Å². The lowest BCUT2D eigenvalue weighted by Crippen LogP contribution is -2.40. The third-order valence-electron chi connectivity index (χ3n) is 4.81. The zero-order chi connectivity index (χ0) is 18.1. The number of nitrogens with zero attached hydrogens (tertiary/aromatic N) is 1. The van der Waals surface area contributed by atoms with Gasteiger partial charge in [-0.3, -0.25) is 4.79 Å². The summed E-state index contributed by atoms with van der Waals surface area (Å²) in [4.78, 5) is 15.0. The van der Waals surface area contributed by atoms with Crippen LogP contribution in [-0.4, -0.2) is 18.1 Å². The van der Waals surface area contributed by atoms with Gasteiger partial charge in [0.1, 0.15) is 5.75 Å². The Morgan fingerprint density at radius 3 is 2.46 bits per heavy atom. The predicted octanol–water partition coefficient (Wildman–Crippen LogP) is 3.48. The number of aliphatic hydroxyl groups is 1. The number of ether oxygens (including phenoxy) is 1. The van der Waals surface area contributed by atoms with Gasteiger partial charge in [-0.1, -0.05) is 60.7 Å². The summed E-state index contributed by atoms with van der Waals surface area (Å²) < 4.78 is 5.27. The average molecular weight is 345 g/mol. The fourth-order valence-electron chi connectivity index (χ4n) is 3.48. The molecule has 0 bridgehead atoms. The number of carbonyl (C=O) groups is 1. The minimum absolute atomic E-state index is 0.351. The van der Waals surface area contributed by atoms with Crippen molar-refractivity contribution in [2.45, 2.75) is 12.1 Å². The van der Waals surface area contributed by atoms with E-state index >= 15 is 0 Å². The van der Waals surface area contributed by atoms with Crippen LogP contribution < -0.4 is 9.64 Å². The Labute approximate surface area is 152 Å². The first-order valence-corrected chi connectivity index (χ1v) is 8.47. The number of methoxy groups -OCH3 is 1. The number of fused-ring (bicyclic) bond motifs is 1. The summed E-state index contributed by atoms with van der Waals surface area (Å²) in [7, 11) is 1.56. The van der Waals surface area contributed by atoms with Gasteiger partial charge in [-0.2, -0.15) is 0 Å². The second kappa shape index (κ2) is 6.32. The van der Waals surface area contributed by atoms with Gasteiger partial charge in [0.15, 0.2) is 5.60 Å². The minimum Gasteiger partial charge on any atom is -0.497 e. The van der Waals surface area contributed by atoms with Crippen LogP contribution in [0.15, 0.2) is 78.9 Å². The van der Waals surface area contributed by atoms with Gasteiger partial charge in [-0.05, 0) is 23.8 Å². The van der Waals surface area contributed by atoms with E-state index in [2.05, 4.69) is 0 Å². The quantitative estimate of drug-likeness (QED) is 0.788. The standard InChI is InChI=1S/C22H19NO3/c1-26-18-11-7-10-17(14-18)22(25)19-12-5-6-13-20(19)23(21(22)24)15-16-8-3-2-4-9-16/h2-14,25H,15H2,1H3. The molecule has 0 saturated carbocycles. The third-order valence-corrected chi connectivity index (χ3v) is 4.81. The first kappa shape index (κ1) is 16.4. The summed E-state index contributed by atoms with van der Waals surface area (Å²) >= 11 is 0. The largest absolute Gasteiger partial charge is 0.497 e. The Morgan fingerprint density at radius 1 is 0.962 bits per heavy atom. The van der Waals surface area contributed by atoms with Crippen LogP contribution in [0, 0.1) is 0 Å². The smallest absolute Gasteiger partial charge is 0.268 e. The first-order chi connectivity index (χ1) is 12.6. The monoisotopic (exact) mass is 345 g/mol. The predicted molar refractivity (Wildman–Crippen MR) is 100 cm³/mol. The molecule has 0 radical (unpaired) electrons. The molecule has 3 aromatic carbocycles. The van der Waals surface area contributed by atoms with Crippen molar-refractivity contribution in [1.82, 2.24) is 0 Å². The molecule has 4 rings (SSSR count). The van der Waals surface area contributed by atoms with Crippen molar-refractivity contribution in [1.29, 1.82) is 0 Å². The molecule has 0 aliphatic carbocycles. The van der Waals surface area contributed by atoms with Crippen molar-refractivity contribution in [2.75, 3.05) is 12.0 Å². The van der Waals surface area contributed by atoms with Crippen LogP contribution in [0.2, 0.25) is 0 Å². The molecule has 130 valence electrons. The van der Waals surface area contributed by atoms with E-state index in [9.17, 15) is 9.90 Å². The molecule has 4 nitrogen and oxygen atoms in total. The molecule has 1 aliphatic rings. The maximum absolute atomic E-state index is 13.3. The van der Waals surface area contributed by atoms with Gasteiger partial charge in [0, 0.05) is 11.1 Å². The van der Waals surface area contributed by atoms with Gasteiger partial charge in [0.05, 0.1) is 19.3 Å². The molecule has 1 unspecified atom stereocenters. The third kappa shape index (κ3) is 2.47. The Kier molecular flexibility index (Phi) is 3.98. The SMILES string of the molecule is COc1cccc(C2(O)C(=O)N(Cc3ccccc3)c3ccccc32)c1. The van der Waals surface area contributed by atoms with Crippen molar-refractivity contribution in [3.63, 3.8) is 0 Å². The molecule has 4 heteroatoms. The number of amides is 1. The molecule has 26 heavy (non-hydrogen) atoms. The minimum atomic E-state index is -1.72. The van der Waals surface area contributed by atoms with Crippen LogP contribution >= 0.6 is 0 Å². The Hall–Kier alpha value is -3.11. The van der Waals surface area contributed by atoms with Crippen LogP contribution in [0.25, 0.3) is 0 Å². The molecule has 1 aliphatic heterocycles. The van der Waals surface area contributed by atoms with Crippen molar-refractivity contribution in [3.8, 4) is 5.75 Å². The van der Waals surface area contributed by atoms with Crippen LogP contribution in [0.1, 0.15) is 16.7 Å². The number of rotatable bonds is 4. The number of hydrogen-bond donors (Lipinski definition) is 1. The van der Waals surface area contributed by atoms with Gasteiger partial charge in [-0.15, -0.1) is 0 Å². The highest BCUT2D eigenvalue weighted by Gasteiger charge is 2.51. The molecule has 1 atom stereocenters. The lowest BCUT2D eigenvalue weighted by Gasteiger charge is -2.24. The van der Waals surface area contributed by atoms with Gasteiger partial charge in [0.2, 0.25) is 0 Å². The molecule has 1 N–H and O–H groups in total. The summed E-state index contributed by atoms with van der Waals surface area (Å²) in [6, 6.07) is 24.2. The van der Waals surface area contributed by atoms with E-state index in [1.165, 1.54) is 0 Å². The lowest BCUT2D eigenvalue weighted by atomic mass is 9.87. The molecule has 0 fully saturated rings. The number of carbonyl (C=O) groups excluding carboxylic acids is 1. The first-order valence-electron chi connectivity index (χ1n) is 8.47. The lowest BCUT2D eigenvalue weighted by molar-refractivity contribution is -0.132. The zero-order valence-electron chi connectivity index (χ0n) is 14.4. The highest BCUT2D eigenvalue weighted by atomic mass is 16.5. The normalized spacial score (nSPS) is 18.7. The second-order valence-corrected chi connectivity index (χ2v) is 6.34. The molecular formula is C22H19NO3. The van der Waals surface area contributed by atoms with Gasteiger partial charge < -0.3 is 14.7 Å². The van der Waals surface area contributed by atoms with E-state index < -0.39 is 5.60 Å². The molecule has 0 aromatic heterocycles. The van der Waals surface area contributed by atoms with Crippen molar-refractivity contribution in [3.05, 3.63) is 95.6 Å². The fraction of sp³-hybridized carbons (Fsp3) is 0.136. The average Bonchev–Trinajstić information content (AvgIpc) is 2.92. The number of benzene rings is 3. The molecule has 0 saturated heterocycles. The summed E-state index contributed by atoms with van der Waals surface area (Å²) in [5.41, 5.74) is 1.11. The van der Waals surface area contributed by atoms with Crippen LogP contribution in [0.3, 0.4) is 0 Å². The fourth-order valence-corrected chi connectivity index (χ4v) is 3.48. The van der Waals surface area contributed by atoms with Gasteiger partial charge >= 0.3 is 0 Å². The van der Waals surface area contributed by atoms with E-state index in [4.69, 9.17) is 4.74 Å². The molecule has 1 heterocycles. The van der Waals surface area contributed by atoms with E-state index in [0.717, 1.165) is 11.3 Å². The van der Waals surface area contributed by atoms with Crippen LogP contribution in [-0.2, 0) is 16.9 Å². The molecular weight excluding hydrogens is 326 g/mol. The van der Waals surface area contributed by atoms with Gasteiger partial charge in [0.25, 0.3) is 5.91 Å². The second-order valence-electron chi connectivity index (χ2n) is 6.34. The number of para-hydroxylation sites is 1. The maximum atomic E-state index is 13.3. The van der Waals surface area contributed by atoms with E-state index in [-0.39, 0.29) is 5.91 Å². The Bertz CT molecular complexity index is 954. The van der Waals surface area contributed by atoms with E-state index in [0.29, 0.717) is 23.4 Å². The van der Waals surface area contributed by atoms with E-state index in [1.807, 2.05) is 48.5 Å². The van der Waals surface area contributed by atoms with Gasteiger partial charge in [-0.25, -0.2) is 0 Å². The molecule has 3 aromatic rings. The van der Waals surface area contributed by atoms with Crippen molar-refractivity contribution >= 4 is 11.6 Å². The topological polar surface area (TPSA) is 49.8 Å². The molecule has 1 amide bonds. The van der Waals surface area contributed by atoms with Crippen LogP contribution in [0.5, 0.6) is 5.75 Å².